The molecule has 1 aliphatic heterocycles. The van der Waals surface area contributed by atoms with E-state index in [4.69, 9.17) is 15.2 Å². The highest BCUT2D eigenvalue weighted by Crippen LogP contribution is 2.29. The standard InChI is InChI=1S/C14H19NO2S/c15-14(13-9-18-8-7-16-13)10-1-3-11(4-2-10)17-12-5-6-12/h1-4,12-14H,5-9,15H2. The largest absolute Gasteiger partial charge is 0.490 e. The second-order valence-corrected chi connectivity index (χ2v) is 6.05. The van der Waals surface area contributed by atoms with Crippen LogP contribution in [0.25, 0.3) is 0 Å². The van der Waals surface area contributed by atoms with Gasteiger partial charge in [0.15, 0.2) is 0 Å². The van der Waals surface area contributed by atoms with Gasteiger partial charge in [-0.15, -0.1) is 0 Å². The van der Waals surface area contributed by atoms with E-state index in [-0.39, 0.29) is 12.1 Å². The molecule has 1 saturated heterocycles. The average molecular weight is 265 g/mol. The van der Waals surface area contributed by atoms with Crippen LogP contribution in [0.2, 0.25) is 0 Å². The zero-order valence-electron chi connectivity index (χ0n) is 10.4. The van der Waals surface area contributed by atoms with E-state index in [0.717, 1.165) is 29.4 Å². The van der Waals surface area contributed by atoms with Crippen LogP contribution in [0.1, 0.15) is 24.4 Å². The van der Waals surface area contributed by atoms with E-state index >= 15 is 0 Å². The molecule has 2 fully saturated rings. The molecule has 98 valence electrons. The van der Waals surface area contributed by atoms with Gasteiger partial charge in [-0.25, -0.2) is 0 Å². The van der Waals surface area contributed by atoms with Crippen LogP contribution in [0, 0.1) is 0 Å². The molecule has 3 nitrogen and oxygen atoms in total. The fourth-order valence-corrected chi connectivity index (χ4v) is 2.99. The molecule has 0 amide bonds. The minimum Gasteiger partial charge on any atom is -0.490 e. The Kier molecular flexibility index (Phi) is 3.77. The van der Waals surface area contributed by atoms with Crippen LogP contribution in [0.5, 0.6) is 5.75 Å². The topological polar surface area (TPSA) is 44.5 Å². The number of ether oxygens (including phenoxy) is 2. The first-order valence-corrected chi connectivity index (χ1v) is 7.70. The lowest BCUT2D eigenvalue weighted by molar-refractivity contribution is 0.0569. The van der Waals surface area contributed by atoms with Crippen LogP contribution in [-0.2, 0) is 4.74 Å². The molecule has 18 heavy (non-hydrogen) atoms. The molecule has 3 rings (SSSR count). The van der Waals surface area contributed by atoms with E-state index in [2.05, 4.69) is 12.1 Å². The van der Waals surface area contributed by atoms with Crippen LogP contribution in [0.4, 0.5) is 0 Å². The molecule has 1 aromatic carbocycles. The third kappa shape index (κ3) is 2.99. The van der Waals surface area contributed by atoms with E-state index in [1.165, 1.54) is 12.8 Å². The molecule has 1 saturated carbocycles. The summed E-state index contributed by atoms with van der Waals surface area (Å²) in [6.07, 6.45) is 2.96. The molecule has 2 aliphatic rings. The summed E-state index contributed by atoms with van der Waals surface area (Å²) in [6, 6.07) is 8.12. The number of rotatable bonds is 4. The summed E-state index contributed by atoms with van der Waals surface area (Å²) in [4.78, 5) is 0. The average Bonchev–Trinajstić information content (AvgIpc) is 3.24. The quantitative estimate of drug-likeness (QED) is 0.907. The second-order valence-electron chi connectivity index (χ2n) is 4.90. The van der Waals surface area contributed by atoms with Gasteiger partial charge in [-0.2, -0.15) is 11.8 Å². The van der Waals surface area contributed by atoms with E-state index in [0.29, 0.717) is 6.10 Å². The summed E-state index contributed by atoms with van der Waals surface area (Å²) in [6.45, 7) is 0.811. The Labute approximate surface area is 112 Å². The Hall–Kier alpha value is -0.710. The van der Waals surface area contributed by atoms with Crippen molar-refractivity contribution >= 4 is 11.8 Å². The van der Waals surface area contributed by atoms with Gasteiger partial charge in [0.05, 0.1) is 24.9 Å². The Balaban J connectivity index is 1.63. The normalized spacial score (nSPS) is 25.7. The molecule has 0 bridgehead atoms. The van der Waals surface area contributed by atoms with Gasteiger partial charge in [-0.05, 0) is 30.5 Å². The maximum absolute atomic E-state index is 6.25. The van der Waals surface area contributed by atoms with Crippen molar-refractivity contribution in [3.63, 3.8) is 0 Å². The van der Waals surface area contributed by atoms with Crippen molar-refractivity contribution in [2.24, 2.45) is 5.73 Å². The zero-order chi connectivity index (χ0) is 12.4. The van der Waals surface area contributed by atoms with Gasteiger partial charge >= 0.3 is 0 Å². The third-order valence-corrected chi connectivity index (χ3v) is 4.35. The molecule has 4 heteroatoms. The SMILES string of the molecule is NC(c1ccc(OC2CC2)cc1)C1CSCCO1. The maximum Gasteiger partial charge on any atom is 0.119 e. The first-order valence-electron chi connectivity index (χ1n) is 6.54. The van der Waals surface area contributed by atoms with Gasteiger partial charge in [0.25, 0.3) is 0 Å². The molecule has 1 aromatic rings. The molecule has 2 N–H and O–H groups in total. The van der Waals surface area contributed by atoms with Gasteiger partial charge in [0, 0.05) is 11.5 Å². The van der Waals surface area contributed by atoms with E-state index < -0.39 is 0 Å². The summed E-state index contributed by atoms with van der Waals surface area (Å²) >= 11 is 1.92. The second kappa shape index (κ2) is 5.51. The lowest BCUT2D eigenvalue weighted by Crippen LogP contribution is -2.34. The van der Waals surface area contributed by atoms with Gasteiger partial charge < -0.3 is 15.2 Å². The smallest absolute Gasteiger partial charge is 0.119 e. The lowest BCUT2D eigenvalue weighted by atomic mass is 10.0. The van der Waals surface area contributed by atoms with Crippen molar-refractivity contribution in [3.8, 4) is 5.75 Å². The highest BCUT2D eigenvalue weighted by Gasteiger charge is 2.25. The molecule has 0 aromatic heterocycles. The fraction of sp³-hybridized carbons (Fsp3) is 0.571. The number of hydrogen-bond acceptors (Lipinski definition) is 4. The van der Waals surface area contributed by atoms with Crippen molar-refractivity contribution in [3.05, 3.63) is 29.8 Å². The predicted octanol–water partition coefficient (Wildman–Crippen LogP) is 2.36. The summed E-state index contributed by atoms with van der Waals surface area (Å²) in [7, 11) is 0. The van der Waals surface area contributed by atoms with Crippen molar-refractivity contribution in [1.82, 2.24) is 0 Å². The van der Waals surface area contributed by atoms with Gasteiger partial charge in [-0.3, -0.25) is 0 Å². The van der Waals surface area contributed by atoms with E-state index in [1.807, 2.05) is 23.9 Å². The molecule has 0 radical (unpaired) electrons. The predicted molar refractivity (Wildman–Crippen MR) is 74.1 cm³/mol. The lowest BCUT2D eigenvalue weighted by Gasteiger charge is -2.27. The highest BCUT2D eigenvalue weighted by atomic mass is 32.2. The summed E-state index contributed by atoms with van der Waals surface area (Å²) < 4.78 is 11.5. The minimum absolute atomic E-state index is 0.0345. The Morgan fingerprint density at radius 1 is 1.28 bits per heavy atom. The molecule has 2 atom stereocenters. The van der Waals surface area contributed by atoms with Crippen molar-refractivity contribution < 1.29 is 9.47 Å². The summed E-state index contributed by atoms with van der Waals surface area (Å²) in [5.41, 5.74) is 7.38. The molecule has 2 unspecified atom stereocenters. The zero-order valence-corrected chi connectivity index (χ0v) is 11.2. The number of nitrogens with two attached hydrogens (primary N) is 1. The Bertz CT molecular complexity index is 385. The van der Waals surface area contributed by atoms with Crippen molar-refractivity contribution in [2.45, 2.75) is 31.1 Å². The van der Waals surface area contributed by atoms with Crippen LogP contribution < -0.4 is 10.5 Å². The van der Waals surface area contributed by atoms with Crippen LogP contribution in [-0.4, -0.2) is 30.3 Å². The monoisotopic (exact) mass is 265 g/mol. The summed E-state index contributed by atoms with van der Waals surface area (Å²) in [5.74, 6) is 3.02. The first-order chi connectivity index (χ1) is 8.83. The Morgan fingerprint density at radius 2 is 2.06 bits per heavy atom. The van der Waals surface area contributed by atoms with E-state index in [1.54, 1.807) is 0 Å². The van der Waals surface area contributed by atoms with Crippen molar-refractivity contribution in [2.75, 3.05) is 18.1 Å². The third-order valence-electron chi connectivity index (χ3n) is 3.33. The molecule has 1 heterocycles. The number of hydrogen-bond donors (Lipinski definition) is 1. The fourth-order valence-electron chi connectivity index (χ4n) is 2.07. The number of benzene rings is 1. The molecular weight excluding hydrogens is 246 g/mol. The molecule has 1 aliphatic carbocycles. The Morgan fingerprint density at radius 3 is 2.67 bits per heavy atom. The van der Waals surface area contributed by atoms with Gasteiger partial charge in [-0.1, -0.05) is 12.1 Å². The maximum atomic E-state index is 6.25. The molecular formula is C14H19NO2S. The minimum atomic E-state index is -0.0345. The van der Waals surface area contributed by atoms with Crippen LogP contribution in [0.15, 0.2) is 24.3 Å². The van der Waals surface area contributed by atoms with E-state index in [9.17, 15) is 0 Å². The molecule has 0 spiro atoms. The van der Waals surface area contributed by atoms with Crippen molar-refractivity contribution in [1.29, 1.82) is 0 Å². The highest BCUT2D eigenvalue weighted by molar-refractivity contribution is 7.99. The van der Waals surface area contributed by atoms with Crippen LogP contribution in [0.3, 0.4) is 0 Å². The van der Waals surface area contributed by atoms with Gasteiger partial charge in [0.1, 0.15) is 5.75 Å². The first kappa shape index (κ1) is 12.3. The summed E-state index contributed by atoms with van der Waals surface area (Å²) in [5, 5.41) is 0. The van der Waals surface area contributed by atoms with Gasteiger partial charge in [0.2, 0.25) is 0 Å². The van der Waals surface area contributed by atoms with Crippen LogP contribution >= 0.6 is 11.8 Å². The number of thioether (sulfide) groups is 1.